The summed E-state index contributed by atoms with van der Waals surface area (Å²) in [4.78, 5) is 10.1. The Bertz CT molecular complexity index is 828. The number of pyridine rings is 1. The summed E-state index contributed by atoms with van der Waals surface area (Å²) in [5, 5.41) is 1.12. The monoisotopic (exact) mass is 309 g/mol. The lowest BCUT2D eigenvalue weighted by molar-refractivity contribution is 0.218. The van der Waals surface area contributed by atoms with Crippen LogP contribution in [0.2, 0.25) is 0 Å². The molecule has 0 atom stereocenters. The van der Waals surface area contributed by atoms with Crippen molar-refractivity contribution in [3.05, 3.63) is 54.0 Å². The molecule has 23 heavy (non-hydrogen) atoms. The number of fused-ring (bicyclic) bond motifs is 2. The van der Waals surface area contributed by atoms with Gasteiger partial charge in [-0.15, -0.1) is 0 Å². The van der Waals surface area contributed by atoms with Crippen LogP contribution in [0, 0.1) is 0 Å². The van der Waals surface area contributed by atoms with E-state index in [0.29, 0.717) is 6.61 Å². The van der Waals surface area contributed by atoms with Crippen LogP contribution in [0.25, 0.3) is 10.9 Å². The summed E-state index contributed by atoms with van der Waals surface area (Å²) in [5.41, 5.74) is 3.42. The molecule has 3 aromatic rings. The average Bonchev–Trinajstić information content (AvgIpc) is 2.87. The lowest BCUT2D eigenvalue weighted by Crippen LogP contribution is -2.25. The molecule has 0 bridgehead atoms. The topological polar surface area (TPSA) is 50.4 Å². The van der Waals surface area contributed by atoms with Crippen LogP contribution >= 0.6 is 0 Å². The van der Waals surface area contributed by atoms with Crippen molar-refractivity contribution in [3.8, 4) is 11.5 Å². The fourth-order valence-electron chi connectivity index (χ4n) is 3.10. The molecule has 2 aromatic heterocycles. The quantitative estimate of drug-likeness (QED) is 0.808. The zero-order chi connectivity index (χ0) is 15.6. The first kappa shape index (κ1) is 14.1. The van der Waals surface area contributed by atoms with E-state index < -0.39 is 0 Å². The molecule has 0 saturated heterocycles. The van der Waals surface area contributed by atoms with Gasteiger partial charge in [-0.1, -0.05) is 6.07 Å². The van der Waals surface area contributed by atoms with Gasteiger partial charge in [-0.2, -0.15) is 0 Å². The van der Waals surface area contributed by atoms with Crippen molar-refractivity contribution in [2.75, 3.05) is 20.3 Å². The largest absolute Gasteiger partial charge is 0.496 e. The number of aromatic amines is 1. The van der Waals surface area contributed by atoms with Crippen molar-refractivity contribution >= 4 is 10.9 Å². The van der Waals surface area contributed by atoms with Gasteiger partial charge in [0.05, 0.1) is 7.11 Å². The van der Waals surface area contributed by atoms with Crippen molar-refractivity contribution in [3.63, 3.8) is 0 Å². The van der Waals surface area contributed by atoms with Gasteiger partial charge in [0.25, 0.3) is 0 Å². The van der Waals surface area contributed by atoms with Crippen LogP contribution in [0.15, 0.2) is 42.7 Å². The van der Waals surface area contributed by atoms with E-state index in [1.165, 1.54) is 5.69 Å². The highest BCUT2D eigenvalue weighted by atomic mass is 16.5. The van der Waals surface area contributed by atoms with E-state index in [0.717, 1.165) is 47.6 Å². The third kappa shape index (κ3) is 2.75. The molecule has 1 aliphatic heterocycles. The Hall–Kier alpha value is -2.53. The van der Waals surface area contributed by atoms with E-state index in [4.69, 9.17) is 9.47 Å². The van der Waals surface area contributed by atoms with E-state index in [9.17, 15) is 0 Å². The number of H-pyrrole nitrogens is 1. The molecule has 0 unspecified atom stereocenters. The first-order valence-electron chi connectivity index (χ1n) is 7.76. The van der Waals surface area contributed by atoms with E-state index in [1.807, 2.05) is 24.4 Å². The molecule has 1 N–H and O–H groups in total. The highest BCUT2D eigenvalue weighted by Crippen LogP contribution is 2.27. The summed E-state index contributed by atoms with van der Waals surface area (Å²) in [6, 6.07) is 10.2. The normalized spacial score (nSPS) is 15.0. The van der Waals surface area contributed by atoms with E-state index >= 15 is 0 Å². The van der Waals surface area contributed by atoms with E-state index in [-0.39, 0.29) is 0 Å². The zero-order valence-corrected chi connectivity index (χ0v) is 13.1. The van der Waals surface area contributed by atoms with Crippen molar-refractivity contribution < 1.29 is 9.47 Å². The molecule has 0 amide bonds. The molecule has 0 aliphatic carbocycles. The van der Waals surface area contributed by atoms with Crippen molar-refractivity contribution in [1.29, 1.82) is 0 Å². The Morgan fingerprint density at radius 3 is 3.22 bits per heavy atom. The van der Waals surface area contributed by atoms with Crippen LogP contribution in [0.4, 0.5) is 0 Å². The van der Waals surface area contributed by atoms with Crippen LogP contribution in [-0.2, 0) is 13.1 Å². The number of benzene rings is 1. The summed E-state index contributed by atoms with van der Waals surface area (Å²) in [6.45, 7) is 3.27. The number of nitrogens with zero attached hydrogens (tertiary/aromatic N) is 2. The zero-order valence-electron chi connectivity index (χ0n) is 13.1. The van der Waals surface area contributed by atoms with Crippen molar-refractivity contribution in [2.24, 2.45) is 0 Å². The van der Waals surface area contributed by atoms with Gasteiger partial charge in [-0.3, -0.25) is 9.88 Å². The van der Waals surface area contributed by atoms with Gasteiger partial charge in [-0.25, -0.2) is 0 Å². The average molecular weight is 309 g/mol. The third-order valence-corrected chi connectivity index (χ3v) is 4.21. The SMILES string of the molecule is COc1cccc2[nH]c(CN3CCOc4ccncc4C3)cc12. The number of hydrogen-bond donors (Lipinski definition) is 1. The van der Waals surface area contributed by atoms with Crippen molar-refractivity contribution in [1.82, 2.24) is 14.9 Å². The molecule has 5 heteroatoms. The van der Waals surface area contributed by atoms with E-state index in [2.05, 4.69) is 27.0 Å². The second-order valence-corrected chi connectivity index (χ2v) is 5.76. The Morgan fingerprint density at radius 1 is 1.35 bits per heavy atom. The minimum absolute atomic E-state index is 0.695. The molecule has 3 heterocycles. The number of nitrogens with one attached hydrogen (secondary N) is 1. The Kier molecular flexibility index (Phi) is 3.63. The predicted molar refractivity (Wildman–Crippen MR) is 88.7 cm³/mol. The molecule has 4 rings (SSSR count). The lowest BCUT2D eigenvalue weighted by Gasteiger charge is -2.18. The fraction of sp³-hybridized carbons (Fsp3) is 0.278. The van der Waals surface area contributed by atoms with Gasteiger partial charge in [0.1, 0.15) is 18.1 Å². The standard InChI is InChI=1S/C18H19N3O2/c1-22-18-4-2-3-16-15(18)9-14(20-16)12-21-7-8-23-17-5-6-19-10-13(17)11-21/h2-6,9-10,20H,7-8,11-12H2,1H3. The fourth-order valence-corrected chi connectivity index (χ4v) is 3.10. The third-order valence-electron chi connectivity index (χ3n) is 4.21. The molecular weight excluding hydrogens is 290 g/mol. The number of rotatable bonds is 3. The van der Waals surface area contributed by atoms with Crippen LogP contribution in [0.3, 0.4) is 0 Å². The lowest BCUT2D eigenvalue weighted by atomic mass is 10.2. The Balaban J connectivity index is 1.58. The summed E-state index contributed by atoms with van der Waals surface area (Å²) in [5.74, 6) is 1.85. The van der Waals surface area contributed by atoms with E-state index in [1.54, 1.807) is 13.3 Å². The Labute approximate surface area is 134 Å². The van der Waals surface area contributed by atoms with Crippen LogP contribution in [0.1, 0.15) is 11.3 Å². The maximum Gasteiger partial charge on any atom is 0.128 e. The first-order valence-corrected chi connectivity index (χ1v) is 7.76. The molecular formula is C18H19N3O2. The summed E-state index contributed by atoms with van der Waals surface area (Å²) < 4.78 is 11.2. The molecule has 1 aromatic carbocycles. The molecule has 5 nitrogen and oxygen atoms in total. The minimum Gasteiger partial charge on any atom is -0.496 e. The molecule has 1 aliphatic rings. The highest BCUT2D eigenvalue weighted by molar-refractivity contribution is 5.86. The summed E-state index contributed by atoms with van der Waals surface area (Å²) >= 11 is 0. The van der Waals surface area contributed by atoms with Gasteiger partial charge in [0, 0.05) is 54.2 Å². The number of hydrogen-bond acceptors (Lipinski definition) is 4. The second-order valence-electron chi connectivity index (χ2n) is 5.76. The van der Waals surface area contributed by atoms with Crippen LogP contribution in [-0.4, -0.2) is 35.1 Å². The number of ether oxygens (including phenoxy) is 2. The van der Waals surface area contributed by atoms with Crippen LogP contribution in [0.5, 0.6) is 11.5 Å². The Morgan fingerprint density at radius 2 is 2.30 bits per heavy atom. The van der Waals surface area contributed by atoms with Gasteiger partial charge in [0.2, 0.25) is 0 Å². The molecule has 0 spiro atoms. The smallest absolute Gasteiger partial charge is 0.128 e. The van der Waals surface area contributed by atoms with Gasteiger partial charge >= 0.3 is 0 Å². The molecule has 0 saturated carbocycles. The van der Waals surface area contributed by atoms with Crippen LogP contribution < -0.4 is 9.47 Å². The van der Waals surface area contributed by atoms with Gasteiger partial charge in [0.15, 0.2) is 0 Å². The van der Waals surface area contributed by atoms with Gasteiger partial charge in [-0.05, 0) is 24.3 Å². The molecule has 0 fully saturated rings. The number of aromatic nitrogens is 2. The number of methoxy groups -OCH3 is 1. The predicted octanol–water partition coefficient (Wildman–Crippen LogP) is 2.97. The summed E-state index contributed by atoms with van der Waals surface area (Å²) in [6.07, 6.45) is 3.67. The second kappa shape index (κ2) is 5.93. The first-order chi connectivity index (χ1) is 11.3. The molecule has 0 radical (unpaired) electrons. The highest BCUT2D eigenvalue weighted by Gasteiger charge is 2.16. The van der Waals surface area contributed by atoms with Crippen molar-refractivity contribution in [2.45, 2.75) is 13.1 Å². The molecule has 118 valence electrons. The minimum atomic E-state index is 0.695. The van der Waals surface area contributed by atoms with Gasteiger partial charge < -0.3 is 14.5 Å². The summed E-state index contributed by atoms with van der Waals surface area (Å²) in [7, 11) is 1.71. The maximum atomic E-state index is 5.80. The maximum absolute atomic E-state index is 5.80.